The van der Waals surface area contributed by atoms with Gasteiger partial charge in [-0.3, -0.25) is 10.1 Å². The van der Waals surface area contributed by atoms with Crippen LogP contribution in [0.25, 0.3) is 0 Å². The second-order valence-electron chi connectivity index (χ2n) is 4.42. The van der Waals surface area contributed by atoms with Crippen molar-refractivity contribution in [3.63, 3.8) is 0 Å². The smallest absolute Gasteiger partial charge is 0.321 e. The first kappa shape index (κ1) is 17.3. The summed E-state index contributed by atoms with van der Waals surface area (Å²) in [5, 5.41) is 13.5. The number of amides is 3. The van der Waals surface area contributed by atoms with Gasteiger partial charge in [-0.2, -0.15) is 5.26 Å². The quantitative estimate of drug-likeness (QED) is 0.745. The fourth-order valence-electron chi connectivity index (χ4n) is 1.59. The lowest BCUT2D eigenvalue weighted by Gasteiger charge is -2.11. The molecule has 7 nitrogen and oxygen atoms in total. The van der Waals surface area contributed by atoms with Gasteiger partial charge < -0.3 is 14.8 Å². The summed E-state index contributed by atoms with van der Waals surface area (Å²) < 4.78 is 10.4. The number of benzene rings is 1. The van der Waals surface area contributed by atoms with Crippen molar-refractivity contribution in [2.45, 2.75) is 19.8 Å². The van der Waals surface area contributed by atoms with Gasteiger partial charge in [-0.05, 0) is 18.6 Å². The van der Waals surface area contributed by atoms with Gasteiger partial charge >= 0.3 is 6.03 Å². The predicted octanol–water partition coefficient (Wildman–Crippen LogP) is 1.57. The van der Waals surface area contributed by atoms with Crippen LogP contribution in [-0.2, 0) is 4.79 Å². The number of ether oxygens (including phenoxy) is 2. The van der Waals surface area contributed by atoms with Gasteiger partial charge in [-0.15, -0.1) is 0 Å². The van der Waals surface area contributed by atoms with Crippen molar-refractivity contribution in [3.8, 4) is 17.6 Å². The molecule has 0 radical (unpaired) electrons. The number of hydrogen-bond acceptors (Lipinski definition) is 5. The van der Waals surface area contributed by atoms with E-state index in [1.807, 2.05) is 13.0 Å². The molecule has 1 aromatic rings. The molecule has 0 aliphatic rings. The summed E-state index contributed by atoms with van der Waals surface area (Å²) in [7, 11) is 1.44. The maximum Gasteiger partial charge on any atom is 0.321 e. The third kappa shape index (κ3) is 5.71. The predicted molar refractivity (Wildman–Crippen MR) is 79.7 cm³/mol. The van der Waals surface area contributed by atoms with Crippen molar-refractivity contribution >= 4 is 11.9 Å². The maximum absolute atomic E-state index is 11.6. The van der Waals surface area contributed by atoms with E-state index in [4.69, 9.17) is 14.7 Å². The molecule has 1 aromatic carbocycles. The standard InChI is InChI=1S/C15H19N3O4/c1-3-4-7-17-15(20)18-14(19)10-22-12-6-5-11(9-16)8-13(12)21-2/h5-6,8H,3-4,7,10H2,1-2H3,(H2,17,18,19,20). The topological polar surface area (TPSA) is 100 Å². The highest BCUT2D eigenvalue weighted by Crippen LogP contribution is 2.27. The maximum atomic E-state index is 11.6. The van der Waals surface area contributed by atoms with Gasteiger partial charge in [0, 0.05) is 12.6 Å². The molecule has 118 valence electrons. The highest BCUT2D eigenvalue weighted by atomic mass is 16.5. The first-order chi connectivity index (χ1) is 10.6. The van der Waals surface area contributed by atoms with Crippen LogP contribution in [0.15, 0.2) is 18.2 Å². The molecule has 0 atom stereocenters. The lowest BCUT2D eigenvalue weighted by molar-refractivity contribution is -0.122. The molecule has 0 fully saturated rings. The van der Waals surface area contributed by atoms with Crippen molar-refractivity contribution in [1.82, 2.24) is 10.6 Å². The van der Waals surface area contributed by atoms with Gasteiger partial charge in [0.2, 0.25) is 0 Å². The van der Waals surface area contributed by atoms with Crippen molar-refractivity contribution in [2.24, 2.45) is 0 Å². The van der Waals surface area contributed by atoms with Crippen LogP contribution in [-0.4, -0.2) is 32.2 Å². The minimum Gasteiger partial charge on any atom is -0.493 e. The third-order valence-electron chi connectivity index (χ3n) is 2.72. The van der Waals surface area contributed by atoms with Crippen molar-refractivity contribution in [2.75, 3.05) is 20.3 Å². The number of imide groups is 1. The van der Waals surface area contributed by atoms with Gasteiger partial charge in [0.25, 0.3) is 5.91 Å². The number of urea groups is 1. The van der Waals surface area contributed by atoms with E-state index in [-0.39, 0.29) is 6.61 Å². The number of hydrogen-bond donors (Lipinski definition) is 2. The Morgan fingerprint density at radius 1 is 1.32 bits per heavy atom. The number of methoxy groups -OCH3 is 1. The molecule has 0 saturated heterocycles. The molecule has 0 saturated carbocycles. The van der Waals surface area contributed by atoms with E-state index in [9.17, 15) is 9.59 Å². The van der Waals surface area contributed by atoms with Crippen LogP contribution in [0, 0.1) is 11.3 Å². The molecule has 0 heterocycles. The zero-order valence-corrected chi connectivity index (χ0v) is 12.6. The van der Waals surface area contributed by atoms with Gasteiger partial charge in [0.15, 0.2) is 18.1 Å². The summed E-state index contributed by atoms with van der Waals surface area (Å²) in [5.74, 6) is 0.0997. The zero-order chi connectivity index (χ0) is 16.4. The summed E-state index contributed by atoms with van der Waals surface area (Å²) in [5.41, 5.74) is 0.420. The second-order valence-corrected chi connectivity index (χ2v) is 4.42. The number of nitrogens with one attached hydrogen (secondary N) is 2. The van der Waals surface area contributed by atoms with E-state index in [1.165, 1.54) is 19.2 Å². The summed E-state index contributed by atoms with van der Waals surface area (Å²) in [6.45, 7) is 2.19. The van der Waals surface area contributed by atoms with Crippen LogP contribution in [0.1, 0.15) is 25.3 Å². The number of carbonyl (C=O) groups is 2. The van der Waals surface area contributed by atoms with E-state index in [2.05, 4.69) is 10.6 Å². The summed E-state index contributed by atoms with van der Waals surface area (Å²) in [4.78, 5) is 23.0. The largest absolute Gasteiger partial charge is 0.493 e. The Morgan fingerprint density at radius 3 is 2.73 bits per heavy atom. The first-order valence-corrected chi connectivity index (χ1v) is 6.89. The molecule has 3 amide bonds. The number of unbranched alkanes of at least 4 members (excludes halogenated alkanes) is 1. The van der Waals surface area contributed by atoms with E-state index in [0.717, 1.165) is 12.8 Å². The Morgan fingerprint density at radius 2 is 2.09 bits per heavy atom. The average molecular weight is 305 g/mol. The average Bonchev–Trinajstić information content (AvgIpc) is 2.52. The van der Waals surface area contributed by atoms with Gasteiger partial charge in [0.05, 0.1) is 18.7 Å². The monoisotopic (exact) mass is 305 g/mol. The number of nitrogens with zero attached hydrogens (tertiary/aromatic N) is 1. The Hall–Kier alpha value is -2.75. The Bertz CT molecular complexity index is 566. The van der Waals surface area contributed by atoms with E-state index in [0.29, 0.717) is 23.6 Å². The van der Waals surface area contributed by atoms with Gasteiger partial charge in [0.1, 0.15) is 0 Å². The Labute approximate surface area is 129 Å². The lowest BCUT2D eigenvalue weighted by Crippen LogP contribution is -2.41. The fraction of sp³-hybridized carbons (Fsp3) is 0.400. The Kier molecular flexibility index (Phi) is 7.26. The first-order valence-electron chi connectivity index (χ1n) is 6.89. The second kappa shape index (κ2) is 9.23. The molecule has 0 spiro atoms. The lowest BCUT2D eigenvalue weighted by atomic mass is 10.2. The molecule has 0 bridgehead atoms. The number of rotatable bonds is 7. The van der Waals surface area contributed by atoms with E-state index < -0.39 is 11.9 Å². The van der Waals surface area contributed by atoms with Crippen LogP contribution in [0.3, 0.4) is 0 Å². The molecule has 0 unspecified atom stereocenters. The van der Waals surface area contributed by atoms with Crippen molar-refractivity contribution in [3.05, 3.63) is 23.8 Å². The molecule has 0 aliphatic heterocycles. The number of carbonyl (C=O) groups excluding carboxylic acids is 2. The number of nitriles is 1. The van der Waals surface area contributed by atoms with Crippen molar-refractivity contribution < 1.29 is 19.1 Å². The van der Waals surface area contributed by atoms with Crippen LogP contribution >= 0.6 is 0 Å². The molecule has 7 heteroatoms. The molecule has 0 aliphatic carbocycles. The molecular weight excluding hydrogens is 286 g/mol. The molecule has 22 heavy (non-hydrogen) atoms. The third-order valence-corrected chi connectivity index (χ3v) is 2.72. The van der Waals surface area contributed by atoms with Crippen LogP contribution in [0.2, 0.25) is 0 Å². The summed E-state index contributed by atoms with van der Waals surface area (Å²) in [6.07, 6.45) is 1.80. The summed E-state index contributed by atoms with van der Waals surface area (Å²) >= 11 is 0. The molecule has 0 aromatic heterocycles. The van der Waals surface area contributed by atoms with Crippen LogP contribution in [0.5, 0.6) is 11.5 Å². The SMILES string of the molecule is CCCCNC(=O)NC(=O)COc1ccc(C#N)cc1OC. The zero-order valence-electron chi connectivity index (χ0n) is 12.6. The molecular formula is C15H19N3O4. The summed E-state index contributed by atoms with van der Waals surface area (Å²) in [6, 6.07) is 6.02. The fourth-order valence-corrected chi connectivity index (χ4v) is 1.59. The van der Waals surface area contributed by atoms with E-state index in [1.54, 1.807) is 6.07 Å². The van der Waals surface area contributed by atoms with Crippen molar-refractivity contribution in [1.29, 1.82) is 5.26 Å². The van der Waals surface area contributed by atoms with Gasteiger partial charge in [-0.25, -0.2) is 4.79 Å². The highest BCUT2D eigenvalue weighted by molar-refractivity contribution is 5.95. The minimum absolute atomic E-state index is 0.322. The normalized spacial score (nSPS) is 9.50. The molecule has 2 N–H and O–H groups in total. The molecule has 1 rings (SSSR count). The van der Waals surface area contributed by atoms with E-state index >= 15 is 0 Å². The van der Waals surface area contributed by atoms with Crippen LogP contribution in [0.4, 0.5) is 4.79 Å². The minimum atomic E-state index is -0.569. The highest BCUT2D eigenvalue weighted by Gasteiger charge is 2.11. The van der Waals surface area contributed by atoms with Crippen LogP contribution < -0.4 is 20.1 Å². The van der Waals surface area contributed by atoms with Gasteiger partial charge in [-0.1, -0.05) is 13.3 Å². The Balaban J connectivity index is 2.47.